The second-order valence-electron chi connectivity index (χ2n) is 5.28. The van der Waals surface area contributed by atoms with Crippen LogP contribution in [0, 0.1) is 0 Å². The third kappa shape index (κ3) is 5.28. The molecule has 0 aromatic heterocycles. The zero-order valence-electron chi connectivity index (χ0n) is 11.5. The van der Waals surface area contributed by atoms with Crippen LogP contribution in [0.4, 0.5) is 4.79 Å². The number of hydrogen-bond donors (Lipinski definition) is 3. The Bertz CT molecular complexity index is 400. The minimum atomic E-state index is -1.09. The van der Waals surface area contributed by atoms with E-state index in [1.54, 1.807) is 45.0 Å². The highest BCUT2D eigenvalue weighted by molar-refractivity contribution is 5.68. The predicted molar refractivity (Wildman–Crippen MR) is 71.6 cm³/mol. The number of alkyl carbamates (subject to hydrolysis) is 1. The van der Waals surface area contributed by atoms with E-state index in [9.17, 15) is 9.90 Å². The summed E-state index contributed by atoms with van der Waals surface area (Å²) in [5, 5.41) is 21.4. The average Bonchev–Trinajstić information content (AvgIpc) is 2.34. The minimum absolute atomic E-state index is 0.449. The molecule has 0 spiro atoms. The van der Waals surface area contributed by atoms with Gasteiger partial charge in [0.1, 0.15) is 11.7 Å². The first-order valence-electron chi connectivity index (χ1n) is 6.17. The van der Waals surface area contributed by atoms with Crippen molar-refractivity contribution < 1.29 is 19.7 Å². The summed E-state index contributed by atoms with van der Waals surface area (Å²) in [6, 6.07) is 8.24. The number of nitrogens with one attached hydrogen (secondary N) is 1. The minimum Gasteiger partial charge on any atom is -0.444 e. The summed E-state index contributed by atoms with van der Waals surface area (Å²) in [6.45, 7) is 4.82. The summed E-state index contributed by atoms with van der Waals surface area (Å²) < 4.78 is 5.14. The Balaban J connectivity index is 2.80. The van der Waals surface area contributed by atoms with Gasteiger partial charge in [0.25, 0.3) is 0 Å². The Morgan fingerprint density at radius 3 is 2.37 bits per heavy atom. The van der Waals surface area contributed by atoms with Gasteiger partial charge in [-0.3, -0.25) is 0 Å². The van der Waals surface area contributed by atoms with Crippen LogP contribution in [0.15, 0.2) is 30.3 Å². The van der Waals surface area contributed by atoms with Gasteiger partial charge < -0.3 is 20.3 Å². The second kappa shape index (κ2) is 6.54. The lowest BCUT2D eigenvalue weighted by Crippen LogP contribution is -2.40. The van der Waals surface area contributed by atoms with E-state index in [0.717, 1.165) is 0 Å². The van der Waals surface area contributed by atoms with Crippen LogP contribution in [-0.4, -0.2) is 34.6 Å². The summed E-state index contributed by atoms with van der Waals surface area (Å²) in [4.78, 5) is 11.7. The molecule has 5 heteroatoms. The van der Waals surface area contributed by atoms with Gasteiger partial charge in [-0.15, -0.1) is 0 Å². The van der Waals surface area contributed by atoms with Crippen molar-refractivity contribution >= 4 is 6.09 Å². The van der Waals surface area contributed by atoms with E-state index >= 15 is 0 Å². The topological polar surface area (TPSA) is 78.8 Å². The van der Waals surface area contributed by atoms with E-state index < -0.39 is 30.4 Å². The van der Waals surface area contributed by atoms with E-state index in [1.165, 1.54) is 0 Å². The van der Waals surface area contributed by atoms with Crippen molar-refractivity contribution in [2.45, 2.75) is 38.5 Å². The maximum absolute atomic E-state index is 11.7. The van der Waals surface area contributed by atoms with Crippen LogP contribution in [0.25, 0.3) is 0 Å². The van der Waals surface area contributed by atoms with Crippen molar-refractivity contribution in [3.63, 3.8) is 0 Å². The number of amides is 1. The van der Waals surface area contributed by atoms with Gasteiger partial charge in [-0.1, -0.05) is 30.3 Å². The van der Waals surface area contributed by atoms with Gasteiger partial charge in [-0.25, -0.2) is 4.79 Å². The molecular formula is C14H21NO4. The highest BCUT2D eigenvalue weighted by Crippen LogP contribution is 2.18. The molecule has 0 unspecified atom stereocenters. The van der Waals surface area contributed by atoms with E-state index in [-0.39, 0.29) is 0 Å². The molecule has 0 saturated carbocycles. The van der Waals surface area contributed by atoms with E-state index in [1.807, 2.05) is 6.07 Å². The first kappa shape index (κ1) is 15.5. The van der Waals surface area contributed by atoms with Crippen LogP contribution in [0.5, 0.6) is 0 Å². The van der Waals surface area contributed by atoms with Crippen LogP contribution >= 0.6 is 0 Å². The summed E-state index contributed by atoms with van der Waals surface area (Å²) in [5.74, 6) is 0. The highest BCUT2D eigenvalue weighted by atomic mass is 16.6. The number of rotatable bonds is 4. The quantitative estimate of drug-likeness (QED) is 0.774. The molecule has 0 heterocycles. The lowest BCUT2D eigenvalue weighted by Gasteiger charge is -2.26. The van der Waals surface area contributed by atoms with Crippen LogP contribution in [-0.2, 0) is 4.74 Å². The van der Waals surface area contributed by atoms with Gasteiger partial charge in [0.2, 0.25) is 0 Å². The van der Waals surface area contributed by atoms with E-state index in [4.69, 9.17) is 9.84 Å². The molecule has 1 aromatic carbocycles. The fourth-order valence-electron chi connectivity index (χ4n) is 1.60. The van der Waals surface area contributed by atoms with Crippen LogP contribution in [0.2, 0.25) is 0 Å². The summed E-state index contributed by atoms with van der Waals surface area (Å²) in [6.07, 6.45) is -1.72. The molecule has 1 aromatic rings. The fraction of sp³-hybridized carbons (Fsp3) is 0.500. The number of carbonyl (C=O) groups is 1. The molecule has 106 valence electrons. The number of benzene rings is 1. The van der Waals surface area contributed by atoms with Crippen molar-refractivity contribution in [3.05, 3.63) is 35.9 Å². The zero-order chi connectivity index (χ0) is 14.5. The Kier molecular flexibility index (Phi) is 5.32. The molecule has 19 heavy (non-hydrogen) atoms. The molecule has 2 atom stereocenters. The molecule has 0 radical (unpaired) electrons. The maximum atomic E-state index is 11.7. The average molecular weight is 267 g/mol. The Labute approximate surface area is 113 Å². The van der Waals surface area contributed by atoms with Gasteiger partial charge in [0, 0.05) is 0 Å². The van der Waals surface area contributed by atoms with Crippen molar-refractivity contribution in [2.24, 2.45) is 0 Å². The van der Waals surface area contributed by atoms with Gasteiger partial charge in [0.15, 0.2) is 0 Å². The first-order chi connectivity index (χ1) is 8.83. The normalized spacial score (nSPS) is 14.6. The van der Waals surface area contributed by atoms with Gasteiger partial charge in [-0.2, -0.15) is 0 Å². The van der Waals surface area contributed by atoms with Crippen molar-refractivity contribution in [1.29, 1.82) is 0 Å². The number of carbonyl (C=O) groups excluding carboxylic acids is 1. The monoisotopic (exact) mass is 267 g/mol. The van der Waals surface area contributed by atoms with Gasteiger partial charge in [-0.05, 0) is 26.3 Å². The summed E-state index contributed by atoms with van der Waals surface area (Å²) in [7, 11) is 0. The predicted octanol–water partition coefficient (Wildman–Crippen LogP) is 1.61. The lowest BCUT2D eigenvalue weighted by molar-refractivity contribution is 0.0316. The Morgan fingerprint density at radius 2 is 1.89 bits per heavy atom. The lowest BCUT2D eigenvalue weighted by atomic mass is 10.0. The molecule has 1 rings (SSSR count). The number of aliphatic hydroxyl groups is 2. The molecular weight excluding hydrogens is 246 g/mol. The Hall–Kier alpha value is -1.59. The van der Waals surface area contributed by atoms with Gasteiger partial charge in [0.05, 0.1) is 12.6 Å². The molecule has 0 aliphatic heterocycles. The zero-order valence-corrected chi connectivity index (χ0v) is 11.5. The Morgan fingerprint density at radius 1 is 1.32 bits per heavy atom. The highest BCUT2D eigenvalue weighted by Gasteiger charge is 2.25. The number of aliphatic hydroxyl groups excluding tert-OH is 2. The third-order valence-corrected chi connectivity index (χ3v) is 2.40. The molecule has 3 N–H and O–H groups in total. The van der Waals surface area contributed by atoms with E-state index in [2.05, 4.69) is 5.32 Å². The maximum Gasteiger partial charge on any atom is 0.408 e. The van der Waals surface area contributed by atoms with Crippen LogP contribution < -0.4 is 5.32 Å². The largest absolute Gasteiger partial charge is 0.444 e. The van der Waals surface area contributed by atoms with Crippen LogP contribution in [0.3, 0.4) is 0 Å². The molecule has 0 aliphatic carbocycles. The molecule has 0 saturated heterocycles. The number of hydrogen-bond acceptors (Lipinski definition) is 4. The molecule has 0 fully saturated rings. The smallest absolute Gasteiger partial charge is 0.408 e. The molecule has 5 nitrogen and oxygen atoms in total. The number of ether oxygens (including phenoxy) is 1. The molecule has 1 amide bonds. The third-order valence-electron chi connectivity index (χ3n) is 2.40. The summed E-state index contributed by atoms with van der Waals surface area (Å²) in [5.41, 5.74) is 0.0880. The SMILES string of the molecule is CC(C)(C)OC(=O)N[C@@H](c1ccccc1)[C@H](O)CO. The molecule has 0 bridgehead atoms. The van der Waals surface area contributed by atoms with Crippen molar-refractivity contribution in [1.82, 2.24) is 5.32 Å². The first-order valence-corrected chi connectivity index (χ1v) is 6.17. The van der Waals surface area contributed by atoms with E-state index in [0.29, 0.717) is 5.56 Å². The fourth-order valence-corrected chi connectivity index (χ4v) is 1.60. The van der Waals surface area contributed by atoms with Crippen LogP contribution in [0.1, 0.15) is 32.4 Å². The summed E-state index contributed by atoms with van der Waals surface area (Å²) >= 11 is 0. The standard InChI is InChI=1S/C14H21NO4/c1-14(2,3)19-13(18)15-12(11(17)9-16)10-7-5-4-6-8-10/h4-8,11-12,16-17H,9H2,1-3H3,(H,15,18)/t11-,12+/m1/s1. The second-order valence-corrected chi connectivity index (χ2v) is 5.28. The van der Waals surface area contributed by atoms with Gasteiger partial charge >= 0.3 is 6.09 Å². The van der Waals surface area contributed by atoms with Crippen molar-refractivity contribution in [2.75, 3.05) is 6.61 Å². The van der Waals surface area contributed by atoms with Crippen molar-refractivity contribution in [3.8, 4) is 0 Å². The molecule has 0 aliphatic rings.